The second-order valence-corrected chi connectivity index (χ2v) is 14.2. The second kappa shape index (κ2) is 12.0. The third-order valence-electron chi connectivity index (χ3n) is 8.09. The highest BCUT2D eigenvalue weighted by molar-refractivity contribution is 14.1. The van der Waals surface area contributed by atoms with Crippen molar-refractivity contribution >= 4 is 52.6 Å². The minimum atomic E-state index is -0.156. The lowest BCUT2D eigenvalue weighted by Gasteiger charge is -2.27. The molecule has 1 saturated carbocycles. The molecule has 2 unspecified atom stereocenters. The van der Waals surface area contributed by atoms with Crippen LogP contribution in [0.5, 0.6) is 0 Å². The second-order valence-electron chi connectivity index (χ2n) is 10.9. The van der Waals surface area contributed by atoms with Gasteiger partial charge in [0, 0.05) is 40.9 Å². The number of hydrogen-bond donors (Lipinski definition) is 2. The minimum Gasteiger partial charge on any atom is -0.383 e. The van der Waals surface area contributed by atoms with Gasteiger partial charge in [0.05, 0.1) is 22.8 Å². The normalized spacial score (nSPS) is 20.5. The fraction of sp³-hybridized carbons (Fsp3) is 0.571. The number of hydrogen-bond acceptors (Lipinski definition) is 4. The van der Waals surface area contributed by atoms with E-state index in [0.29, 0.717) is 12.0 Å². The Hall–Kier alpha value is -1.01. The SMILES string of the molecule is CN=C(N[C@H](C)c1cccc(C(C)C)c1I)c1cn(C2(C(P)P)CC2)c(=O)cc1NC[C@@H]1CCCN1C. The van der Waals surface area contributed by atoms with Crippen LogP contribution in [0, 0.1) is 3.57 Å². The number of halogens is 1. The number of amidine groups is 1. The summed E-state index contributed by atoms with van der Waals surface area (Å²) in [5.41, 5.74) is 4.31. The Morgan fingerprint density at radius 2 is 1.95 bits per heavy atom. The molecule has 2 aliphatic rings. The molecule has 9 heteroatoms. The van der Waals surface area contributed by atoms with Crippen molar-refractivity contribution in [3.8, 4) is 0 Å². The lowest BCUT2D eigenvalue weighted by molar-refractivity contribution is 0.322. The van der Waals surface area contributed by atoms with Crippen LogP contribution in [0.1, 0.15) is 75.1 Å². The molecule has 6 nitrogen and oxygen atoms in total. The van der Waals surface area contributed by atoms with Crippen LogP contribution in [-0.2, 0) is 5.54 Å². The molecule has 0 bridgehead atoms. The first-order chi connectivity index (χ1) is 17.6. The van der Waals surface area contributed by atoms with Crippen molar-refractivity contribution in [3.63, 3.8) is 0 Å². The first kappa shape index (κ1) is 29.0. The molecule has 1 saturated heterocycles. The Kier molecular flexibility index (Phi) is 9.42. The van der Waals surface area contributed by atoms with E-state index in [9.17, 15) is 4.79 Å². The molecular weight excluding hydrogens is 611 g/mol. The highest BCUT2D eigenvalue weighted by Gasteiger charge is 2.48. The molecule has 2 aromatic rings. The summed E-state index contributed by atoms with van der Waals surface area (Å²) in [5.74, 6) is 1.27. The van der Waals surface area contributed by atoms with Crippen LogP contribution < -0.4 is 16.2 Å². The Morgan fingerprint density at radius 1 is 1.24 bits per heavy atom. The Bertz CT molecular complexity index is 1210. The van der Waals surface area contributed by atoms with Gasteiger partial charge in [-0.25, -0.2) is 0 Å². The molecule has 2 N–H and O–H groups in total. The van der Waals surface area contributed by atoms with Crippen molar-refractivity contribution in [3.05, 3.63) is 61.1 Å². The number of likely N-dealkylation sites (N-methyl/N-ethyl adjacent to an activating group) is 1. The minimum absolute atomic E-state index is 0.0427. The molecular formula is C28H42IN5OP2. The summed E-state index contributed by atoms with van der Waals surface area (Å²) in [6.45, 7) is 8.60. The van der Waals surface area contributed by atoms with E-state index in [1.807, 2.05) is 17.8 Å². The number of nitrogens with zero attached hydrogens (tertiary/aromatic N) is 3. The lowest BCUT2D eigenvalue weighted by atomic mass is 9.98. The summed E-state index contributed by atoms with van der Waals surface area (Å²) in [6, 6.07) is 8.87. The van der Waals surface area contributed by atoms with Crippen LogP contribution in [0.25, 0.3) is 0 Å². The van der Waals surface area contributed by atoms with Crippen LogP contribution in [0.3, 0.4) is 0 Å². The molecule has 37 heavy (non-hydrogen) atoms. The standard InChI is InChI=1S/C28H42IN5OP2/c1-17(2)20-9-6-10-21(25(20)29)18(3)32-26(30-4)22-16-34(28(11-12-28)27(36)37)24(35)14-23(22)31-15-19-8-7-13-33(19)5/h6,9-10,14,16-19,27,31H,7-8,11-13,15,36-37H2,1-5H3,(H,30,32)/t18-,19+/m1/s1. The molecule has 1 aliphatic carbocycles. The topological polar surface area (TPSA) is 61.7 Å². The summed E-state index contributed by atoms with van der Waals surface area (Å²) in [5, 5.41) is 7.56. The third-order valence-corrected chi connectivity index (χ3v) is 10.6. The third kappa shape index (κ3) is 6.10. The van der Waals surface area contributed by atoms with Gasteiger partial charge in [0.1, 0.15) is 5.84 Å². The smallest absolute Gasteiger partial charge is 0.253 e. The van der Waals surface area contributed by atoms with Crippen molar-refractivity contribution in [1.82, 2.24) is 14.8 Å². The largest absolute Gasteiger partial charge is 0.383 e. The highest BCUT2D eigenvalue weighted by atomic mass is 127. The van der Waals surface area contributed by atoms with Crippen molar-refractivity contribution < 1.29 is 0 Å². The van der Waals surface area contributed by atoms with Crippen LogP contribution in [0.15, 0.2) is 40.2 Å². The summed E-state index contributed by atoms with van der Waals surface area (Å²) in [6.07, 6.45) is 6.45. The predicted octanol–water partition coefficient (Wildman–Crippen LogP) is 5.38. The molecule has 0 radical (unpaired) electrons. The van der Waals surface area contributed by atoms with Crippen molar-refractivity contribution in [2.24, 2.45) is 4.99 Å². The zero-order valence-electron chi connectivity index (χ0n) is 22.7. The zero-order valence-corrected chi connectivity index (χ0v) is 27.2. The number of aliphatic imine (C=N–C) groups is 1. The van der Waals surface area contributed by atoms with Crippen LogP contribution in [-0.4, -0.2) is 53.9 Å². The molecule has 2 fully saturated rings. The molecule has 1 aromatic heterocycles. The van der Waals surface area contributed by atoms with Gasteiger partial charge in [-0.3, -0.25) is 9.79 Å². The number of likely N-dealkylation sites (tertiary alicyclic amines) is 1. The van der Waals surface area contributed by atoms with Crippen LogP contribution >= 0.6 is 41.1 Å². The number of nitrogens with one attached hydrogen (secondary N) is 2. The molecule has 0 amide bonds. The summed E-state index contributed by atoms with van der Waals surface area (Å²) >= 11 is 2.48. The van der Waals surface area contributed by atoms with Gasteiger partial charge in [-0.1, -0.05) is 32.0 Å². The highest BCUT2D eigenvalue weighted by Crippen LogP contribution is 2.51. The molecule has 1 aliphatic heterocycles. The Labute approximate surface area is 240 Å². The number of aromatic nitrogens is 1. The van der Waals surface area contributed by atoms with Crippen LogP contribution in [0.2, 0.25) is 0 Å². The number of rotatable bonds is 9. The quantitative estimate of drug-likeness (QED) is 0.165. The maximum Gasteiger partial charge on any atom is 0.253 e. The van der Waals surface area contributed by atoms with E-state index in [1.54, 1.807) is 6.07 Å². The number of pyridine rings is 1. The van der Waals surface area contributed by atoms with Gasteiger partial charge < -0.3 is 20.1 Å². The average Bonchev–Trinajstić information content (AvgIpc) is 3.57. The van der Waals surface area contributed by atoms with Gasteiger partial charge in [0.15, 0.2) is 0 Å². The fourth-order valence-corrected chi connectivity index (χ4v) is 7.88. The maximum absolute atomic E-state index is 13.4. The van der Waals surface area contributed by atoms with Gasteiger partial charge in [0.2, 0.25) is 0 Å². The van der Waals surface area contributed by atoms with Crippen molar-refractivity contribution in [1.29, 1.82) is 0 Å². The monoisotopic (exact) mass is 653 g/mol. The Morgan fingerprint density at radius 3 is 2.51 bits per heavy atom. The fourth-order valence-electron chi connectivity index (χ4n) is 5.44. The van der Waals surface area contributed by atoms with E-state index in [2.05, 4.69) is 103 Å². The van der Waals surface area contributed by atoms with E-state index >= 15 is 0 Å². The van der Waals surface area contributed by atoms with E-state index in [4.69, 9.17) is 4.99 Å². The summed E-state index contributed by atoms with van der Waals surface area (Å²) < 4.78 is 3.24. The van der Waals surface area contributed by atoms with E-state index in [0.717, 1.165) is 43.0 Å². The first-order valence-electron chi connectivity index (χ1n) is 13.3. The molecule has 2 heterocycles. The average molecular weight is 654 g/mol. The van der Waals surface area contributed by atoms with Gasteiger partial charge >= 0.3 is 0 Å². The van der Waals surface area contributed by atoms with Crippen molar-refractivity contribution in [2.75, 3.05) is 32.5 Å². The lowest BCUT2D eigenvalue weighted by Crippen LogP contribution is -2.38. The zero-order chi connectivity index (χ0) is 26.9. The van der Waals surface area contributed by atoms with E-state index < -0.39 is 0 Å². The van der Waals surface area contributed by atoms with Crippen molar-refractivity contribution in [2.45, 2.75) is 75.4 Å². The Balaban J connectivity index is 1.70. The molecule has 4 rings (SSSR count). The number of anilines is 1. The molecule has 0 spiro atoms. The van der Waals surface area contributed by atoms with Gasteiger partial charge in [-0.15, -0.1) is 18.5 Å². The van der Waals surface area contributed by atoms with Gasteiger partial charge in [0.25, 0.3) is 5.56 Å². The summed E-state index contributed by atoms with van der Waals surface area (Å²) in [4.78, 5) is 20.5. The summed E-state index contributed by atoms with van der Waals surface area (Å²) in [7, 11) is 9.76. The van der Waals surface area contributed by atoms with Crippen LogP contribution in [0.4, 0.5) is 5.69 Å². The van der Waals surface area contributed by atoms with E-state index in [-0.39, 0.29) is 22.5 Å². The molecule has 1 aromatic carbocycles. The number of benzene rings is 1. The first-order valence-corrected chi connectivity index (χ1v) is 15.7. The maximum atomic E-state index is 13.4. The van der Waals surface area contributed by atoms with Gasteiger partial charge in [-0.05, 0) is 85.8 Å². The van der Waals surface area contributed by atoms with E-state index in [1.165, 1.54) is 27.5 Å². The molecule has 4 atom stereocenters. The predicted molar refractivity (Wildman–Crippen MR) is 173 cm³/mol. The van der Waals surface area contributed by atoms with Gasteiger partial charge in [-0.2, -0.15) is 0 Å². The molecule has 202 valence electrons.